The second-order valence-electron chi connectivity index (χ2n) is 4.91. The number of hydrogen-bond acceptors (Lipinski definition) is 1. The van der Waals surface area contributed by atoms with Gasteiger partial charge in [0.05, 0.1) is 0 Å². The molecule has 1 heterocycles. The van der Waals surface area contributed by atoms with Gasteiger partial charge in [-0.3, -0.25) is 0 Å². The van der Waals surface area contributed by atoms with Crippen LogP contribution in [0.15, 0.2) is 0 Å². The summed E-state index contributed by atoms with van der Waals surface area (Å²) >= 11 is 0. The molecule has 0 bridgehead atoms. The zero-order valence-corrected chi connectivity index (χ0v) is 8.89. The molecule has 13 heavy (non-hydrogen) atoms. The van der Waals surface area contributed by atoms with Gasteiger partial charge in [-0.1, -0.05) is 20.8 Å². The zero-order valence-electron chi connectivity index (χ0n) is 8.89. The fraction of sp³-hybridized carbons (Fsp3) is 0.900. The van der Waals surface area contributed by atoms with E-state index >= 15 is 0 Å². The highest BCUT2D eigenvalue weighted by atomic mass is 16.2. The van der Waals surface area contributed by atoms with E-state index in [1.165, 1.54) is 0 Å². The molecule has 0 atom stereocenters. The molecule has 0 aromatic heterocycles. The number of nitrogens with one attached hydrogen (secondary N) is 1. The lowest BCUT2D eigenvalue weighted by Crippen LogP contribution is -2.41. The Kier molecular flexibility index (Phi) is 3.17. The van der Waals surface area contributed by atoms with Crippen LogP contribution in [0, 0.1) is 5.41 Å². The number of urea groups is 1. The van der Waals surface area contributed by atoms with Gasteiger partial charge in [0.15, 0.2) is 0 Å². The molecule has 1 N–H and O–H groups in total. The average molecular weight is 184 g/mol. The Hall–Kier alpha value is -0.730. The van der Waals surface area contributed by atoms with Crippen molar-refractivity contribution in [2.45, 2.75) is 33.6 Å². The summed E-state index contributed by atoms with van der Waals surface area (Å²) in [7, 11) is 0. The molecule has 3 nitrogen and oxygen atoms in total. The van der Waals surface area contributed by atoms with E-state index in [2.05, 4.69) is 26.1 Å². The Morgan fingerprint density at radius 3 is 2.31 bits per heavy atom. The SMILES string of the molecule is CC(C)(C)CNC(=O)N1CCCC1. The molecule has 1 fully saturated rings. The highest BCUT2D eigenvalue weighted by molar-refractivity contribution is 5.74. The summed E-state index contributed by atoms with van der Waals surface area (Å²) in [6, 6.07) is 0.104. The molecule has 1 aliphatic heterocycles. The minimum absolute atomic E-state index is 0.104. The average Bonchev–Trinajstić information content (AvgIpc) is 2.50. The van der Waals surface area contributed by atoms with E-state index in [0.717, 1.165) is 32.5 Å². The van der Waals surface area contributed by atoms with Crippen molar-refractivity contribution in [1.82, 2.24) is 10.2 Å². The molecule has 1 rings (SSSR count). The summed E-state index contributed by atoms with van der Waals surface area (Å²) in [6.07, 6.45) is 2.31. The number of hydrogen-bond donors (Lipinski definition) is 1. The molecule has 0 saturated carbocycles. The molecule has 0 aliphatic carbocycles. The van der Waals surface area contributed by atoms with E-state index in [0.29, 0.717) is 0 Å². The molecular weight excluding hydrogens is 164 g/mol. The van der Waals surface area contributed by atoms with Crippen molar-refractivity contribution in [3.63, 3.8) is 0 Å². The van der Waals surface area contributed by atoms with E-state index in [9.17, 15) is 4.79 Å². The molecule has 0 spiro atoms. The molecular formula is C10H20N2O. The predicted octanol–water partition coefficient (Wildman–Crippen LogP) is 1.84. The maximum atomic E-state index is 11.5. The molecule has 0 aromatic carbocycles. The van der Waals surface area contributed by atoms with Crippen molar-refractivity contribution >= 4 is 6.03 Å². The molecule has 0 aromatic rings. The van der Waals surface area contributed by atoms with Crippen LogP contribution >= 0.6 is 0 Å². The first-order valence-corrected chi connectivity index (χ1v) is 5.02. The molecule has 3 heteroatoms. The Morgan fingerprint density at radius 2 is 1.85 bits per heavy atom. The molecule has 76 valence electrons. The minimum Gasteiger partial charge on any atom is -0.337 e. The lowest BCUT2D eigenvalue weighted by atomic mass is 9.97. The smallest absolute Gasteiger partial charge is 0.317 e. The topological polar surface area (TPSA) is 32.3 Å². The van der Waals surface area contributed by atoms with Crippen molar-refractivity contribution in [2.75, 3.05) is 19.6 Å². The van der Waals surface area contributed by atoms with E-state index in [1.54, 1.807) is 0 Å². The van der Waals surface area contributed by atoms with Gasteiger partial charge in [-0.2, -0.15) is 0 Å². The summed E-state index contributed by atoms with van der Waals surface area (Å²) in [5.74, 6) is 0. The van der Waals surface area contributed by atoms with Crippen molar-refractivity contribution in [2.24, 2.45) is 5.41 Å². The van der Waals surface area contributed by atoms with E-state index in [1.807, 2.05) is 4.90 Å². The first-order valence-electron chi connectivity index (χ1n) is 5.02. The first-order chi connectivity index (χ1) is 5.99. The monoisotopic (exact) mass is 184 g/mol. The van der Waals surface area contributed by atoms with Crippen LogP contribution < -0.4 is 5.32 Å². The fourth-order valence-electron chi connectivity index (χ4n) is 1.37. The number of likely N-dealkylation sites (tertiary alicyclic amines) is 1. The zero-order chi connectivity index (χ0) is 9.90. The van der Waals surface area contributed by atoms with Gasteiger partial charge in [-0.05, 0) is 18.3 Å². The molecule has 0 radical (unpaired) electrons. The fourth-order valence-corrected chi connectivity index (χ4v) is 1.37. The number of carbonyl (C=O) groups is 1. The van der Waals surface area contributed by atoms with Gasteiger partial charge in [-0.25, -0.2) is 4.79 Å². The number of rotatable bonds is 1. The maximum Gasteiger partial charge on any atom is 0.317 e. The molecule has 0 unspecified atom stereocenters. The van der Waals surface area contributed by atoms with Gasteiger partial charge in [0.1, 0.15) is 0 Å². The van der Waals surface area contributed by atoms with Crippen LogP contribution in [0.4, 0.5) is 4.79 Å². The van der Waals surface area contributed by atoms with Crippen molar-refractivity contribution in [3.05, 3.63) is 0 Å². The quantitative estimate of drug-likeness (QED) is 0.662. The normalized spacial score (nSPS) is 17.6. The van der Waals surface area contributed by atoms with Gasteiger partial charge in [0.2, 0.25) is 0 Å². The van der Waals surface area contributed by atoms with Crippen LogP contribution in [-0.2, 0) is 0 Å². The Labute approximate surface area is 80.5 Å². The van der Waals surface area contributed by atoms with E-state index < -0.39 is 0 Å². The molecule has 2 amide bonds. The predicted molar refractivity (Wildman–Crippen MR) is 53.7 cm³/mol. The van der Waals surface area contributed by atoms with Crippen LogP contribution in [0.5, 0.6) is 0 Å². The molecule has 1 saturated heterocycles. The van der Waals surface area contributed by atoms with Gasteiger partial charge in [-0.15, -0.1) is 0 Å². The summed E-state index contributed by atoms with van der Waals surface area (Å²) in [4.78, 5) is 13.4. The van der Waals surface area contributed by atoms with Crippen LogP contribution in [0.1, 0.15) is 33.6 Å². The number of nitrogens with zero attached hydrogens (tertiary/aromatic N) is 1. The standard InChI is InChI=1S/C10H20N2O/c1-10(2,3)8-11-9(13)12-6-4-5-7-12/h4-8H2,1-3H3,(H,11,13). The summed E-state index contributed by atoms with van der Waals surface area (Å²) < 4.78 is 0. The Bertz CT molecular complexity index is 178. The van der Waals surface area contributed by atoms with Gasteiger partial charge < -0.3 is 10.2 Å². The van der Waals surface area contributed by atoms with E-state index in [-0.39, 0.29) is 11.4 Å². The third kappa shape index (κ3) is 3.66. The summed E-state index contributed by atoms with van der Waals surface area (Å²) in [5.41, 5.74) is 0.176. The maximum absolute atomic E-state index is 11.5. The summed E-state index contributed by atoms with van der Waals surface area (Å²) in [6.45, 7) is 8.97. The van der Waals surface area contributed by atoms with Crippen molar-refractivity contribution < 1.29 is 4.79 Å². The highest BCUT2D eigenvalue weighted by Gasteiger charge is 2.19. The second kappa shape index (κ2) is 3.99. The third-order valence-corrected chi connectivity index (χ3v) is 2.16. The highest BCUT2D eigenvalue weighted by Crippen LogP contribution is 2.12. The van der Waals surface area contributed by atoms with Crippen molar-refractivity contribution in [3.8, 4) is 0 Å². The van der Waals surface area contributed by atoms with Gasteiger partial charge >= 0.3 is 6.03 Å². The Morgan fingerprint density at radius 1 is 1.31 bits per heavy atom. The lowest BCUT2D eigenvalue weighted by Gasteiger charge is -2.22. The van der Waals surface area contributed by atoms with Gasteiger partial charge in [0, 0.05) is 19.6 Å². The van der Waals surface area contributed by atoms with Crippen LogP contribution in [0.25, 0.3) is 0 Å². The van der Waals surface area contributed by atoms with Crippen molar-refractivity contribution in [1.29, 1.82) is 0 Å². The van der Waals surface area contributed by atoms with Crippen LogP contribution in [-0.4, -0.2) is 30.6 Å². The lowest BCUT2D eigenvalue weighted by molar-refractivity contribution is 0.203. The van der Waals surface area contributed by atoms with E-state index in [4.69, 9.17) is 0 Å². The minimum atomic E-state index is 0.104. The van der Waals surface area contributed by atoms with Gasteiger partial charge in [0.25, 0.3) is 0 Å². The third-order valence-electron chi connectivity index (χ3n) is 2.16. The number of carbonyl (C=O) groups excluding carboxylic acids is 1. The second-order valence-corrected chi connectivity index (χ2v) is 4.91. The number of amides is 2. The van der Waals surface area contributed by atoms with Crippen LogP contribution in [0.3, 0.4) is 0 Å². The molecule has 1 aliphatic rings. The summed E-state index contributed by atoms with van der Waals surface area (Å²) in [5, 5.41) is 2.95. The van der Waals surface area contributed by atoms with Crippen LogP contribution in [0.2, 0.25) is 0 Å². The first kappa shape index (κ1) is 10.4. The largest absolute Gasteiger partial charge is 0.337 e. The Balaban J connectivity index is 2.25.